The smallest absolute Gasteiger partial charge is 0.225 e. The van der Waals surface area contributed by atoms with Crippen LogP contribution in [0.15, 0.2) is 24.3 Å². The molecular formula is C22H33N3O3. The summed E-state index contributed by atoms with van der Waals surface area (Å²) in [6.07, 6.45) is 0.984. The summed E-state index contributed by atoms with van der Waals surface area (Å²) in [6, 6.07) is 7.69. The average Bonchev–Trinajstić information content (AvgIpc) is 3.04. The van der Waals surface area contributed by atoms with Gasteiger partial charge in [-0.25, -0.2) is 4.68 Å². The van der Waals surface area contributed by atoms with Gasteiger partial charge in [-0.05, 0) is 44.9 Å². The summed E-state index contributed by atoms with van der Waals surface area (Å²) in [7, 11) is 3.21. The van der Waals surface area contributed by atoms with E-state index in [0.717, 1.165) is 17.1 Å². The fraction of sp³-hybridized carbons (Fsp3) is 0.545. The molecule has 1 aromatic heterocycles. The van der Waals surface area contributed by atoms with Crippen molar-refractivity contribution in [1.82, 2.24) is 9.78 Å². The van der Waals surface area contributed by atoms with Crippen LogP contribution in [0.5, 0.6) is 11.5 Å². The van der Waals surface area contributed by atoms with E-state index in [1.807, 2.05) is 28.9 Å². The monoisotopic (exact) mass is 387 g/mol. The van der Waals surface area contributed by atoms with Crippen molar-refractivity contribution in [3.63, 3.8) is 0 Å². The zero-order chi connectivity index (χ0) is 21.1. The second-order valence-electron chi connectivity index (χ2n) is 8.98. The Kier molecular flexibility index (Phi) is 6.42. The lowest BCUT2D eigenvalue weighted by Crippen LogP contribution is -2.27. The lowest BCUT2D eigenvalue weighted by atomic mass is 9.92. The number of ether oxygens (including phenoxy) is 2. The number of carbonyl (C=O) groups is 1. The molecular weight excluding hydrogens is 354 g/mol. The van der Waals surface area contributed by atoms with Gasteiger partial charge in [0.15, 0.2) is 11.5 Å². The van der Waals surface area contributed by atoms with Crippen molar-refractivity contribution >= 4 is 11.7 Å². The number of aromatic nitrogens is 2. The number of amides is 1. The van der Waals surface area contributed by atoms with Crippen LogP contribution in [0.4, 0.5) is 5.82 Å². The second kappa shape index (κ2) is 8.25. The van der Waals surface area contributed by atoms with Crippen molar-refractivity contribution in [2.45, 2.75) is 65.3 Å². The summed E-state index contributed by atoms with van der Waals surface area (Å²) < 4.78 is 12.5. The summed E-state index contributed by atoms with van der Waals surface area (Å²) in [5.74, 6) is 2.04. The fourth-order valence-electron chi connectivity index (χ4n) is 2.85. The Bertz CT molecular complexity index is 827. The van der Waals surface area contributed by atoms with Gasteiger partial charge in [0.1, 0.15) is 5.82 Å². The minimum atomic E-state index is -0.227. The molecule has 0 saturated carbocycles. The largest absolute Gasteiger partial charge is 0.493 e. The van der Waals surface area contributed by atoms with Crippen molar-refractivity contribution in [3.05, 3.63) is 35.5 Å². The number of nitrogens with zero attached hydrogens (tertiary/aromatic N) is 2. The van der Waals surface area contributed by atoms with Crippen LogP contribution < -0.4 is 14.8 Å². The normalized spacial score (nSPS) is 12.0. The van der Waals surface area contributed by atoms with E-state index in [4.69, 9.17) is 14.6 Å². The van der Waals surface area contributed by atoms with Crippen molar-refractivity contribution in [2.75, 3.05) is 19.5 Å². The predicted octanol–water partition coefficient (Wildman–Crippen LogP) is 4.52. The minimum absolute atomic E-state index is 0.0411. The predicted molar refractivity (Wildman–Crippen MR) is 112 cm³/mol. The van der Waals surface area contributed by atoms with Crippen molar-refractivity contribution in [1.29, 1.82) is 0 Å². The molecule has 0 aliphatic heterocycles. The van der Waals surface area contributed by atoms with E-state index < -0.39 is 0 Å². The van der Waals surface area contributed by atoms with Gasteiger partial charge in [0, 0.05) is 17.9 Å². The summed E-state index contributed by atoms with van der Waals surface area (Å²) >= 11 is 0. The first-order valence-corrected chi connectivity index (χ1v) is 9.57. The first-order chi connectivity index (χ1) is 13.0. The van der Waals surface area contributed by atoms with Crippen molar-refractivity contribution in [3.8, 4) is 11.5 Å². The molecule has 0 atom stereocenters. The number of carbonyl (C=O) groups excluding carboxylic acids is 1. The van der Waals surface area contributed by atoms with Crippen LogP contribution in [0.2, 0.25) is 0 Å². The highest BCUT2D eigenvalue weighted by Crippen LogP contribution is 2.29. The maximum Gasteiger partial charge on any atom is 0.225 e. The number of anilines is 1. The maximum atomic E-state index is 12.6. The first kappa shape index (κ1) is 21.8. The van der Waals surface area contributed by atoms with E-state index >= 15 is 0 Å². The van der Waals surface area contributed by atoms with Crippen LogP contribution in [-0.2, 0) is 22.2 Å². The Morgan fingerprint density at radius 3 is 2.21 bits per heavy atom. The van der Waals surface area contributed by atoms with Gasteiger partial charge in [0.05, 0.1) is 25.5 Å². The molecule has 0 fully saturated rings. The molecule has 2 aromatic rings. The number of hydrogen-bond acceptors (Lipinski definition) is 4. The molecule has 0 spiro atoms. The molecule has 154 valence electrons. The zero-order valence-corrected chi connectivity index (χ0v) is 18.3. The Morgan fingerprint density at radius 2 is 1.68 bits per heavy atom. The number of rotatable bonds is 6. The van der Waals surface area contributed by atoms with Crippen molar-refractivity contribution in [2.24, 2.45) is 0 Å². The van der Waals surface area contributed by atoms with E-state index in [1.165, 1.54) is 0 Å². The number of nitrogens with one attached hydrogen (secondary N) is 1. The van der Waals surface area contributed by atoms with E-state index in [2.05, 4.69) is 46.9 Å². The molecule has 0 aliphatic carbocycles. The Labute approximate surface area is 168 Å². The van der Waals surface area contributed by atoms with Crippen LogP contribution in [0.25, 0.3) is 0 Å². The molecule has 0 unspecified atom stereocenters. The molecule has 1 N–H and O–H groups in total. The second-order valence-corrected chi connectivity index (χ2v) is 8.98. The maximum absolute atomic E-state index is 12.6. The van der Waals surface area contributed by atoms with Gasteiger partial charge < -0.3 is 14.8 Å². The van der Waals surface area contributed by atoms with Crippen molar-refractivity contribution < 1.29 is 14.3 Å². The van der Waals surface area contributed by atoms with Crippen LogP contribution in [0.1, 0.15) is 59.2 Å². The molecule has 2 rings (SSSR count). The van der Waals surface area contributed by atoms with E-state index in [-0.39, 0.29) is 16.9 Å². The van der Waals surface area contributed by atoms with E-state index in [1.54, 1.807) is 14.2 Å². The van der Waals surface area contributed by atoms with Gasteiger partial charge in [-0.3, -0.25) is 4.79 Å². The highest BCUT2D eigenvalue weighted by atomic mass is 16.5. The number of hydrogen-bond donors (Lipinski definition) is 1. The third kappa shape index (κ3) is 5.27. The van der Waals surface area contributed by atoms with Gasteiger partial charge in [-0.15, -0.1) is 0 Å². The van der Waals surface area contributed by atoms with E-state index in [9.17, 15) is 4.79 Å². The lowest BCUT2D eigenvalue weighted by molar-refractivity contribution is -0.116. The van der Waals surface area contributed by atoms with Gasteiger partial charge in [0.25, 0.3) is 0 Å². The molecule has 28 heavy (non-hydrogen) atoms. The molecule has 0 radical (unpaired) electrons. The van der Waals surface area contributed by atoms with Gasteiger partial charge in [0.2, 0.25) is 5.91 Å². The number of aryl methyl sites for hydroxylation is 1. The SMILES string of the molecule is COc1ccc(CCC(=O)Nc2cc(C(C)(C)C)nn2C(C)(C)C)cc1OC. The highest BCUT2D eigenvalue weighted by Gasteiger charge is 2.25. The molecule has 1 amide bonds. The van der Waals surface area contributed by atoms with Crippen LogP contribution in [0, 0.1) is 0 Å². The van der Waals surface area contributed by atoms with Gasteiger partial charge in [-0.2, -0.15) is 5.10 Å². The molecule has 1 heterocycles. The fourth-order valence-corrected chi connectivity index (χ4v) is 2.85. The summed E-state index contributed by atoms with van der Waals surface area (Å²) in [5.41, 5.74) is 1.66. The van der Waals surface area contributed by atoms with Crippen LogP contribution in [-0.4, -0.2) is 29.9 Å². The molecule has 0 saturated heterocycles. The molecule has 1 aromatic carbocycles. The minimum Gasteiger partial charge on any atom is -0.493 e. The van der Waals surface area contributed by atoms with Crippen LogP contribution in [0.3, 0.4) is 0 Å². The van der Waals surface area contributed by atoms with E-state index in [0.29, 0.717) is 24.3 Å². The summed E-state index contributed by atoms with van der Waals surface area (Å²) in [4.78, 5) is 12.6. The van der Waals surface area contributed by atoms with Gasteiger partial charge in [-0.1, -0.05) is 26.8 Å². The molecule has 0 aliphatic rings. The Morgan fingerprint density at radius 1 is 1.04 bits per heavy atom. The third-order valence-corrected chi connectivity index (χ3v) is 4.47. The standard InChI is InChI=1S/C22H33N3O3/c1-21(2,3)18-14-19(25(24-18)22(4,5)6)23-20(26)12-10-15-9-11-16(27-7)17(13-15)28-8/h9,11,13-14H,10,12H2,1-8H3,(H,23,26). The third-order valence-electron chi connectivity index (χ3n) is 4.47. The molecule has 6 nitrogen and oxygen atoms in total. The Hall–Kier alpha value is -2.50. The average molecular weight is 388 g/mol. The number of methoxy groups -OCH3 is 2. The molecule has 0 bridgehead atoms. The lowest BCUT2D eigenvalue weighted by Gasteiger charge is -2.23. The van der Waals surface area contributed by atoms with Gasteiger partial charge >= 0.3 is 0 Å². The van der Waals surface area contributed by atoms with Crippen LogP contribution >= 0.6 is 0 Å². The topological polar surface area (TPSA) is 65.4 Å². The summed E-state index contributed by atoms with van der Waals surface area (Å²) in [5, 5.41) is 7.77. The quantitative estimate of drug-likeness (QED) is 0.791. The number of benzene rings is 1. The zero-order valence-electron chi connectivity index (χ0n) is 18.3. The molecule has 6 heteroatoms. The highest BCUT2D eigenvalue weighted by molar-refractivity contribution is 5.90. The first-order valence-electron chi connectivity index (χ1n) is 9.57. The Balaban J connectivity index is 2.12. The summed E-state index contributed by atoms with van der Waals surface area (Å²) in [6.45, 7) is 12.6.